The van der Waals surface area contributed by atoms with Gasteiger partial charge in [-0.25, -0.2) is 4.39 Å². The normalized spacial score (nSPS) is 16.7. The van der Waals surface area contributed by atoms with E-state index in [1.165, 1.54) is 6.07 Å². The van der Waals surface area contributed by atoms with Crippen LogP contribution in [0.3, 0.4) is 0 Å². The summed E-state index contributed by atoms with van der Waals surface area (Å²) in [6.45, 7) is 2.02. The van der Waals surface area contributed by atoms with E-state index < -0.39 is 11.7 Å². The molecular weight excluding hydrogens is 363 g/mol. The third-order valence-electron chi connectivity index (χ3n) is 3.79. The number of allylic oxidation sites excluding steroid dienone is 1. The fourth-order valence-corrected chi connectivity index (χ4v) is 3.18. The van der Waals surface area contributed by atoms with Gasteiger partial charge in [-0.3, -0.25) is 0 Å². The summed E-state index contributed by atoms with van der Waals surface area (Å²) in [4.78, 5) is 0. The zero-order chi connectivity index (χ0) is 16.6. The van der Waals surface area contributed by atoms with Gasteiger partial charge >= 0.3 is 0 Å². The number of fused-ring (bicyclic) bond motifs is 1. The van der Waals surface area contributed by atoms with Crippen LogP contribution in [0.15, 0.2) is 38.6 Å². The molecule has 1 aliphatic heterocycles. The van der Waals surface area contributed by atoms with Crippen molar-refractivity contribution in [2.24, 2.45) is 5.73 Å². The Kier molecular flexibility index (Phi) is 4.09. The molecule has 118 valence electrons. The molecule has 1 aromatic heterocycles. The summed E-state index contributed by atoms with van der Waals surface area (Å²) in [6, 6.07) is 6.72. The van der Waals surface area contributed by atoms with E-state index in [0.29, 0.717) is 29.1 Å². The summed E-state index contributed by atoms with van der Waals surface area (Å²) in [5.74, 6) is -0.519. The summed E-state index contributed by atoms with van der Waals surface area (Å²) in [7, 11) is 0. The first kappa shape index (κ1) is 15.6. The lowest BCUT2D eigenvalue weighted by Crippen LogP contribution is -2.23. The van der Waals surface area contributed by atoms with Gasteiger partial charge in [0, 0.05) is 10.0 Å². The molecule has 2 aromatic rings. The molecule has 0 aliphatic carbocycles. The highest BCUT2D eigenvalue weighted by atomic mass is 79.9. The number of aromatic nitrogens is 1. The number of nitrogens with two attached hydrogens (primary N) is 1. The number of nitrogens with zero attached hydrogens (tertiary/aromatic N) is 2. The Balaban J connectivity index is 2.26. The Morgan fingerprint density at radius 3 is 3.00 bits per heavy atom. The van der Waals surface area contributed by atoms with E-state index in [0.717, 1.165) is 10.9 Å². The molecule has 2 heterocycles. The molecule has 0 unspecified atom stereocenters. The van der Waals surface area contributed by atoms with Crippen LogP contribution < -0.4 is 11.1 Å². The molecule has 1 atom stereocenters. The van der Waals surface area contributed by atoms with Crippen molar-refractivity contribution in [3.8, 4) is 6.07 Å². The standard InChI is InChI=1S/C16H14BrFN4O/c1-2-3-12-14-13(9-6-8(17)4-5-11(9)18)10(7-19)15(20)21-16(14)23-22-12/h4-6,13,21H,2-3,20H2,1H3/t13-/m1/s1. The van der Waals surface area contributed by atoms with E-state index in [9.17, 15) is 9.65 Å². The molecule has 5 nitrogen and oxygen atoms in total. The van der Waals surface area contributed by atoms with Gasteiger partial charge in [-0.05, 0) is 24.6 Å². The van der Waals surface area contributed by atoms with Crippen molar-refractivity contribution in [1.29, 1.82) is 5.26 Å². The van der Waals surface area contributed by atoms with Crippen LogP contribution in [0.25, 0.3) is 0 Å². The topological polar surface area (TPSA) is 87.9 Å². The van der Waals surface area contributed by atoms with Crippen molar-refractivity contribution in [1.82, 2.24) is 5.16 Å². The zero-order valence-corrected chi connectivity index (χ0v) is 13.9. The summed E-state index contributed by atoms with van der Waals surface area (Å²) in [5, 5.41) is 16.4. The smallest absolute Gasteiger partial charge is 0.234 e. The lowest BCUT2D eigenvalue weighted by molar-refractivity contribution is 0.424. The van der Waals surface area contributed by atoms with Crippen molar-refractivity contribution in [2.75, 3.05) is 5.32 Å². The number of hydrogen-bond donors (Lipinski definition) is 2. The van der Waals surface area contributed by atoms with Crippen molar-refractivity contribution in [3.05, 3.63) is 56.7 Å². The van der Waals surface area contributed by atoms with Gasteiger partial charge in [-0.15, -0.1) is 0 Å². The van der Waals surface area contributed by atoms with Crippen LogP contribution in [0.4, 0.5) is 10.3 Å². The molecule has 23 heavy (non-hydrogen) atoms. The summed E-state index contributed by atoms with van der Waals surface area (Å²) in [6.07, 6.45) is 1.53. The first-order chi connectivity index (χ1) is 11.1. The average molecular weight is 377 g/mol. The Morgan fingerprint density at radius 1 is 1.52 bits per heavy atom. The molecule has 3 N–H and O–H groups in total. The third kappa shape index (κ3) is 2.59. The van der Waals surface area contributed by atoms with Crippen LogP contribution in [0.1, 0.15) is 36.1 Å². The molecule has 1 aliphatic rings. The lowest BCUT2D eigenvalue weighted by Gasteiger charge is -2.24. The molecule has 0 bridgehead atoms. The maximum atomic E-state index is 14.4. The number of halogens is 2. The van der Waals surface area contributed by atoms with Gasteiger partial charge in [0.15, 0.2) is 0 Å². The highest BCUT2D eigenvalue weighted by molar-refractivity contribution is 9.10. The van der Waals surface area contributed by atoms with E-state index >= 15 is 0 Å². The van der Waals surface area contributed by atoms with Gasteiger partial charge in [-0.1, -0.05) is 34.4 Å². The second-order valence-electron chi connectivity index (χ2n) is 5.29. The van der Waals surface area contributed by atoms with E-state index in [1.807, 2.05) is 6.92 Å². The molecule has 1 aromatic carbocycles. The molecule has 0 fully saturated rings. The van der Waals surface area contributed by atoms with Gasteiger partial charge in [-0.2, -0.15) is 5.26 Å². The van der Waals surface area contributed by atoms with Crippen LogP contribution in [0.5, 0.6) is 0 Å². The largest absolute Gasteiger partial charge is 0.384 e. The Bertz CT molecular complexity index is 837. The van der Waals surface area contributed by atoms with E-state index in [4.69, 9.17) is 10.3 Å². The number of nitriles is 1. The van der Waals surface area contributed by atoms with Crippen LogP contribution in [0, 0.1) is 17.1 Å². The average Bonchev–Trinajstić information content (AvgIpc) is 2.91. The molecule has 0 saturated heterocycles. The zero-order valence-electron chi connectivity index (χ0n) is 12.4. The van der Waals surface area contributed by atoms with Crippen LogP contribution in [-0.2, 0) is 6.42 Å². The van der Waals surface area contributed by atoms with Gasteiger partial charge in [0.1, 0.15) is 11.6 Å². The fraction of sp³-hybridized carbons (Fsp3) is 0.250. The first-order valence-electron chi connectivity index (χ1n) is 7.17. The number of benzene rings is 1. The Morgan fingerprint density at radius 2 is 2.30 bits per heavy atom. The monoisotopic (exact) mass is 376 g/mol. The predicted molar refractivity (Wildman–Crippen MR) is 86.9 cm³/mol. The molecular formula is C16H14BrFN4O. The maximum Gasteiger partial charge on any atom is 0.234 e. The highest BCUT2D eigenvalue weighted by Gasteiger charge is 2.36. The number of aryl methyl sites for hydroxylation is 1. The lowest BCUT2D eigenvalue weighted by atomic mass is 9.82. The molecule has 0 radical (unpaired) electrons. The molecule has 0 spiro atoms. The predicted octanol–water partition coefficient (Wildman–Crippen LogP) is 3.78. The second-order valence-corrected chi connectivity index (χ2v) is 6.20. The van der Waals surface area contributed by atoms with Gasteiger partial charge in [0.2, 0.25) is 5.88 Å². The molecule has 0 amide bonds. The SMILES string of the molecule is CCCc1noc2c1[C@H](c1cc(Br)ccc1F)C(C#N)=C(N)N2. The second kappa shape index (κ2) is 6.05. The van der Waals surface area contributed by atoms with Crippen LogP contribution in [0.2, 0.25) is 0 Å². The van der Waals surface area contributed by atoms with Crippen molar-refractivity contribution < 1.29 is 8.91 Å². The molecule has 0 saturated carbocycles. The van der Waals surface area contributed by atoms with Crippen molar-refractivity contribution in [3.63, 3.8) is 0 Å². The van der Waals surface area contributed by atoms with Gasteiger partial charge in [0.25, 0.3) is 0 Å². The Hall–Kier alpha value is -2.33. The minimum Gasteiger partial charge on any atom is -0.384 e. The summed E-state index contributed by atoms with van der Waals surface area (Å²) in [5.41, 5.74) is 7.93. The van der Waals surface area contributed by atoms with Crippen LogP contribution in [-0.4, -0.2) is 5.16 Å². The number of nitrogens with one attached hydrogen (secondary N) is 1. The number of hydrogen-bond acceptors (Lipinski definition) is 5. The first-order valence-corrected chi connectivity index (χ1v) is 7.96. The van der Waals surface area contributed by atoms with Gasteiger partial charge in [0.05, 0.1) is 28.8 Å². The Labute approximate surface area is 141 Å². The van der Waals surface area contributed by atoms with Crippen molar-refractivity contribution in [2.45, 2.75) is 25.7 Å². The minimum atomic E-state index is -0.637. The van der Waals surface area contributed by atoms with Crippen molar-refractivity contribution >= 4 is 21.8 Å². The van der Waals surface area contributed by atoms with E-state index in [2.05, 4.69) is 32.5 Å². The van der Waals surface area contributed by atoms with Crippen LogP contribution >= 0.6 is 15.9 Å². The summed E-state index contributed by atoms with van der Waals surface area (Å²) < 4.78 is 20.5. The van der Waals surface area contributed by atoms with E-state index in [1.54, 1.807) is 12.1 Å². The maximum absolute atomic E-state index is 14.4. The third-order valence-corrected chi connectivity index (χ3v) is 4.29. The molecule has 3 rings (SSSR count). The summed E-state index contributed by atoms with van der Waals surface area (Å²) >= 11 is 3.35. The van der Waals surface area contributed by atoms with E-state index in [-0.39, 0.29) is 11.4 Å². The fourth-order valence-electron chi connectivity index (χ4n) is 2.80. The number of anilines is 1. The number of rotatable bonds is 3. The quantitative estimate of drug-likeness (QED) is 0.850. The molecule has 7 heteroatoms. The highest BCUT2D eigenvalue weighted by Crippen LogP contribution is 2.44. The van der Waals surface area contributed by atoms with Gasteiger partial charge < -0.3 is 15.6 Å². The minimum absolute atomic E-state index is 0.156.